The van der Waals surface area contributed by atoms with Crippen LogP contribution in [-0.4, -0.2) is 47.0 Å². The highest BCUT2D eigenvalue weighted by Crippen LogP contribution is 2.10. The molecule has 0 atom stereocenters. The Hall–Kier alpha value is -0.260. The first-order valence-corrected chi connectivity index (χ1v) is 5.37. The van der Waals surface area contributed by atoms with E-state index >= 15 is 0 Å². The molecule has 0 unspecified atom stereocenters. The van der Waals surface area contributed by atoms with Crippen LogP contribution in [0.1, 0.15) is 0 Å². The van der Waals surface area contributed by atoms with Crippen LogP contribution in [0.25, 0.3) is 0 Å². The average molecular weight is 222 g/mol. The van der Waals surface area contributed by atoms with Crippen LogP contribution >= 0.6 is 0 Å². The molecule has 0 amide bonds. The Morgan fingerprint density at radius 3 is 1.42 bits per heavy atom. The highest BCUT2D eigenvalue weighted by atomic mass is 32.2. The monoisotopic (exact) mass is 222 g/mol. The molecule has 0 aliphatic rings. The minimum atomic E-state index is -5.36. The van der Waals surface area contributed by atoms with Gasteiger partial charge in [-0.05, 0) is 0 Å². The molecule has 0 radical (unpaired) electrons. The SMILES string of the molecule is O=S(=O)(O)CC(O)(O)S(=O)(=O)O. The van der Waals surface area contributed by atoms with Gasteiger partial charge in [0, 0.05) is 0 Å². The zero-order valence-corrected chi connectivity index (χ0v) is 7.08. The summed E-state index contributed by atoms with van der Waals surface area (Å²) in [6, 6.07) is 0. The molecule has 0 saturated carbocycles. The van der Waals surface area contributed by atoms with Crippen molar-refractivity contribution in [2.75, 3.05) is 5.75 Å². The van der Waals surface area contributed by atoms with Gasteiger partial charge >= 0.3 is 15.2 Å². The van der Waals surface area contributed by atoms with Crippen LogP contribution in [0, 0.1) is 0 Å². The number of rotatable bonds is 3. The molecule has 0 aliphatic carbocycles. The summed E-state index contributed by atoms with van der Waals surface area (Å²) in [6.07, 6.45) is 0. The predicted molar refractivity (Wildman–Crippen MR) is 35.1 cm³/mol. The van der Waals surface area contributed by atoms with Crippen molar-refractivity contribution >= 4 is 20.2 Å². The van der Waals surface area contributed by atoms with Gasteiger partial charge in [-0.1, -0.05) is 0 Å². The molecule has 0 aromatic rings. The Bertz CT molecular complexity index is 345. The van der Waals surface area contributed by atoms with E-state index < -0.39 is 31.1 Å². The minimum Gasteiger partial charge on any atom is -0.351 e. The molecule has 0 fully saturated rings. The quantitative estimate of drug-likeness (QED) is 0.300. The van der Waals surface area contributed by atoms with Gasteiger partial charge in [-0.15, -0.1) is 0 Å². The second kappa shape index (κ2) is 2.90. The fourth-order valence-electron chi connectivity index (χ4n) is 0.312. The number of aliphatic hydroxyl groups is 2. The molecule has 0 bridgehead atoms. The molecular formula is C2H6O8S2. The Balaban J connectivity index is 4.94. The Kier molecular flexibility index (Phi) is 2.84. The summed E-state index contributed by atoms with van der Waals surface area (Å²) in [5.74, 6) is -1.92. The van der Waals surface area contributed by atoms with Crippen molar-refractivity contribution < 1.29 is 36.2 Å². The van der Waals surface area contributed by atoms with Gasteiger partial charge in [0.05, 0.1) is 0 Å². The van der Waals surface area contributed by atoms with Crippen LogP contribution < -0.4 is 0 Å². The summed E-state index contributed by atoms with van der Waals surface area (Å²) < 4.78 is 55.9. The third kappa shape index (κ3) is 3.42. The maximum absolute atomic E-state index is 10.0. The smallest absolute Gasteiger partial charge is 0.322 e. The molecule has 8 nitrogen and oxygen atoms in total. The molecule has 4 N–H and O–H groups in total. The van der Waals surface area contributed by atoms with Gasteiger partial charge in [0.2, 0.25) is 0 Å². The predicted octanol–water partition coefficient (Wildman–Crippen LogP) is -2.60. The van der Waals surface area contributed by atoms with Crippen molar-refractivity contribution in [2.45, 2.75) is 5.12 Å². The van der Waals surface area contributed by atoms with Crippen molar-refractivity contribution in [1.29, 1.82) is 0 Å². The average Bonchev–Trinajstić information content (AvgIpc) is 1.52. The normalized spacial score (nSPS) is 14.7. The lowest BCUT2D eigenvalue weighted by atomic mass is 10.8. The van der Waals surface area contributed by atoms with Gasteiger partial charge in [0.25, 0.3) is 10.1 Å². The molecule has 0 aromatic carbocycles. The topological polar surface area (TPSA) is 149 Å². The Labute approximate surface area is 67.9 Å². The maximum Gasteiger partial charge on any atom is 0.322 e. The summed E-state index contributed by atoms with van der Waals surface area (Å²) in [5, 5.41) is 12.8. The first kappa shape index (κ1) is 11.7. The molecule has 0 aromatic heterocycles. The van der Waals surface area contributed by atoms with Gasteiger partial charge in [-0.25, -0.2) is 0 Å². The van der Waals surface area contributed by atoms with E-state index in [0.29, 0.717) is 0 Å². The summed E-state index contributed by atoms with van der Waals surface area (Å²) in [4.78, 5) is 0. The van der Waals surface area contributed by atoms with E-state index in [2.05, 4.69) is 0 Å². The summed E-state index contributed by atoms with van der Waals surface area (Å²) in [7, 11) is -10.3. The first-order valence-electron chi connectivity index (χ1n) is 2.33. The summed E-state index contributed by atoms with van der Waals surface area (Å²) in [6.45, 7) is 0. The van der Waals surface area contributed by atoms with Gasteiger partial charge in [0.1, 0.15) is 5.75 Å². The van der Waals surface area contributed by atoms with E-state index in [0.717, 1.165) is 0 Å². The second-order valence-electron chi connectivity index (χ2n) is 1.94. The highest BCUT2D eigenvalue weighted by Gasteiger charge is 2.42. The number of hydrogen-bond acceptors (Lipinski definition) is 6. The zero-order chi connectivity index (χ0) is 10.2. The molecule has 0 rings (SSSR count). The lowest BCUT2D eigenvalue weighted by molar-refractivity contribution is -0.0720. The summed E-state index contributed by atoms with van der Waals surface area (Å²) in [5.41, 5.74) is 0. The minimum absolute atomic E-state index is 1.92. The van der Waals surface area contributed by atoms with E-state index in [-0.39, 0.29) is 0 Å². The van der Waals surface area contributed by atoms with Crippen LogP contribution in [-0.2, 0) is 20.2 Å². The third-order valence-corrected chi connectivity index (χ3v) is 2.70. The zero-order valence-electron chi connectivity index (χ0n) is 5.45. The van der Waals surface area contributed by atoms with Gasteiger partial charge < -0.3 is 10.2 Å². The third-order valence-electron chi connectivity index (χ3n) is 0.784. The van der Waals surface area contributed by atoms with Crippen molar-refractivity contribution in [3.8, 4) is 0 Å². The fraction of sp³-hybridized carbons (Fsp3) is 1.00. The van der Waals surface area contributed by atoms with Crippen molar-refractivity contribution in [3.05, 3.63) is 0 Å². The van der Waals surface area contributed by atoms with E-state index in [4.69, 9.17) is 19.3 Å². The fourth-order valence-corrected chi connectivity index (χ4v) is 1.83. The van der Waals surface area contributed by atoms with E-state index in [1.54, 1.807) is 0 Å². The van der Waals surface area contributed by atoms with E-state index in [1.807, 2.05) is 0 Å². The maximum atomic E-state index is 10.0. The largest absolute Gasteiger partial charge is 0.351 e. The van der Waals surface area contributed by atoms with Gasteiger partial charge in [-0.3, -0.25) is 9.11 Å². The van der Waals surface area contributed by atoms with Gasteiger partial charge in [0.15, 0.2) is 0 Å². The Morgan fingerprint density at radius 2 is 1.33 bits per heavy atom. The van der Waals surface area contributed by atoms with Gasteiger partial charge in [-0.2, -0.15) is 16.8 Å². The van der Waals surface area contributed by atoms with Crippen molar-refractivity contribution in [2.24, 2.45) is 0 Å². The molecule has 12 heavy (non-hydrogen) atoms. The lowest BCUT2D eigenvalue weighted by Crippen LogP contribution is -2.44. The Morgan fingerprint density at radius 1 is 1.00 bits per heavy atom. The van der Waals surface area contributed by atoms with Crippen molar-refractivity contribution in [1.82, 2.24) is 0 Å². The van der Waals surface area contributed by atoms with Crippen LogP contribution in [0.2, 0.25) is 0 Å². The molecule has 10 heteroatoms. The molecule has 74 valence electrons. The highest BCUT2D eigenvalue weighted by molar-refractivity contribution is 7.90. The lowest BCUT2D eigenvalue weighted by Gasteiger charge is -2.15. The molecule has 0 aliphatic heterocycles. The number of hydrogen-bond donors (Lipinski definition) is 4. The molecule has 0 heterocycles. The van der Waals surface area contributed by atoms with Crippen LogP contribution in [0.4, 0.5) is 0 Å². The van der Waals surface area contributed by atoms with Crippen LogP contribution in [0.5, 0.6) is 0 Å². The van der Waals surface area contributed by atoms with E-state index in [1.165, 1.54) is 0 Å². The summed E-state index contributed by atoms with van der Waals surface area (Å²) >= 11 is 0. The first-order chi connectivity index (χ1) is 4.96. The second-order valence-corrected chi connectivity index (χ2v) is 5.00. The standard InChI is InChI=1S/C2H6O8S2/c3-2(4,12(8,9)10)1-11(5,6)7/h3-4H,1H2,(H,5,6,7)(H,8,9,10). The van der Waals surface area contributed by atoms with E-state index in [9.17, 15) is 16.8 Å². The van der Waals surface area contributed by atoms with Crippen LogP contribution in [0.3, 0.4) is 0 Å². The molecule has 0 spiro atoms. The molecular weight excluding hydrogens is 216 g/mol. The van der Waals surface area contributed by atoms with Crippen molar-refractivity contribution in [3.63, 3.8) is 0 Å². The van der Waals surface area contributed by atoms with Crippen LogP contribution in [0.15, 0.2) is 0 Å². The molecule has 0 saturated heterocycles.